The average Bonchev–Trinajstić information content (AvgIpc) is 2.37. The SMILES string of the molecule is CC(CO)NS(=O)(=O)c1cccc2ncccc12. The van der Waals surface area contributed by atoms with Crippen LogP contribution in [0.1, 0.15) is 6.92 Å². The third-order valence-electron chi connectivity index (χ3n) is 2.53. The van der Waals surface area contributed by atoms with Crippen LogP contribution in [-0.2, 0) is 10.0 Å². The summed E-state index contributed by atoms with van der Waals surface area (Å²) in [5.41, 5.74) is 0.622. The molecule has 1 heterocycles. The number of fused-ring (bicyclic) bond motifs is 1. The number of aromatic nitrogens is 1. The highest BCUT2D eigenvalue weighted by Gasteiger charge is 2.19. The van der Waals surface area contributed by atoms with Gasteiger partial charge >= 0.3 is 0 Å². The minimum atomic E-state index is -3.65. The molecule has 1 atom stereocenters. The third kappa shape index (κ3) is 2.50. The number of benzene rings is 1. The summed E-state index contributed by atoms with van der Waals surface area (Å²) in [4.78, 5) is 4.29. The highest BCUT2D eigenvalue weighted by atomic mass is 32.2. The third-order valence-corrected chi connectivity index (χ3v) is 4.17. The molecule has 0 fully saturated rings. The van der Waals surface area contributed by atoms with E-state index in [0.29, 0.717) is 10.9 Å². The molecule has 5 nitrogen and oxygen atoms in total. The first-order valence-electron chi connectivity index (χ1n) is 5.51. The normalized spacial score (nSPS) is 13.7. The number of hydrogen-bond acceptors (Lipinski definition) is 4. The standard InChI is InChI=1S/C12H14N2O3S/c1-9(8-15)14-18(16,17)12-6-2-5-11-10(12)4-3-7-13-11/h2-7,9,14-15H,8H2,1H3. The van der Waals surface area contributed by atoms with Gasteiger partial charge in [-0.2, -0.15) is 0 Å². The van der Waals surface area contributed by atoms with Crippen LogP contribution in [0.4, 0.5) is 0 Å². The molecule has 0 aliphatic carbocycles. The molecule has 1 unspecified atom stereocenters. The van der Waals surface area contributed by atoms with Gasteiger partial charge in [-0.05, 0) is 31.2 Å². The van der Waals surface area contributed by atoms with E-state index in [1.807, 2.05) is 0 Å². The van der Waals surface area contributed by atoms with Gasteiger partial charge in [-0.15, -0.1) is 0 Å². The Morgan fingerprint density at radius 1 is 1.33 bits per heavy atom. The van der Waals surface area contributed by atoms with E-state index >= 15 is 0 Å². The molecule has 96 valence electrons. The van der Waals surface area contributed by atoms with Crippen LogP contribution in [-0.4, -0.2) is 31.2 Å². The predicted molar refractivity (Wildman–Crippen MR) is 68.6 cm³/mol. The van der Waals surface area contributed by atoms with Gasteiger partial charge in [-0.3, -0.25) is 4.98 Å². The quantitative estimate of drug-likeness (QED) is 0.861. The van der Waals surface area contributed by atoms with Gasteiger partial charge in [-0.25, -0.2) is 13.1 Å². The molecule has 6 heteroatoms. The minimum absolute atomic E-state index is 0.174. The van der Waals surface area contributed by atoms with Crippen molar-refractivity contribution in [1.29, 1.82) is 0 Å². The fraction of sp³-hybridized carbons (Fsp3) is 0.250. The number of pyridine rings is 1. The van der Waals surface area contributed by atoms with Crippen molar-refractivity contribution in [2.24, 2.45) is 0 Å². The first kappa shape index (κ1) is 12.9. The lowest BCUT2D eigenvalue weighted by Gasteiger charge is -2.12. The van der Waals surface area contributed by atoms with E-state index in [9.17, 15) is 8.42 Å². The maximum atomic E-state index is 12.2. The molecule has 2 aromatic rings. The lowest BCUT2D eigenvalue weighted by molar-refractivity contribution is 0.265. The zero-order valence-electron chi connectivity index (χ0n) is 9.87. The summed E-state index contributed by atoms with van der Waals surface area (Å²) in [5.74, 6) is 0. The summed E-state index contributed by atoms with van der Waals surface area (Å²) in [6.07, 6.45) is 1.61. The number of nitrogens with zero attached hydrogens (tertiary/aromatic N) is 1. The van der Waals surface area contributed by atoms with E-state index < -0.39 is 16.1 Å². The van der Waals surface area contributed by atoms with Crippen LogP contribution in [0.3, 0.4) is 0 Å². The van der Waals surface area contributed by atoms with Crippen molar-refractivity contribution in [3.05, 3.63) is 36.5 Å². The van der Waals surface area contributed by atoms with Crippen molar-refractivity contribution >= 4 is 20.9 Å². The van der Waals surface area contributed by atoms with Crippen LogP contribution in [0.25, 0.3) is 10.9 Å². The van der Waals surface area contributed by atoms with Crippen molar-refractivity contribution < 1.29 is 13.5 Å². The molecule has 0 aliphatic heterocycles. The lowest BCUT2D eigenvalue weighted by atomic mass is 10.2. The summed E-state index contributed by atoms with van der Waals surface area (Å²) in [6.45, 7) is 1.35. The van der Waals surface area contributed by atoms with Gasteiger partial charge in [0.1, 0.15) is 0 Å². The Bertz CT molecular complexity index is 650. The second-order valence-electron chi connectivity index (χ2n) is 4.03. The van der Waals surface area contributed by atoms with Gasteiger partial charge in [0, 0.05) is 17.6 Å². The second-order valence-corrected chi connectivity index (χ2v) is 5.71. The Morgan fingerprint density at radius 3 is 2.83 bits per heavy atom. The Morgan fingerprint density at radius 2 is 2.11 bits per heavy atom. The number of hydrogen-bond donors (Lipinski definition) is 2. The minimum Gasteiger partial charge on any atom is -0.395 e. The zero-order valence-corrected chi connectivity index (χ0v) is 10.7. The molecule has 18 heavy (non-hydrogen) atoms. The van der Waals surface area contributed by atoms with E-state index in [0.717, 1.165) is 0 Å². The molecule has 0 saturated heterocycles. The summed E-state index contributed by atoms with van der Waals surface area (Å²) in [5, 5.41) is 9.49. The fourth-order valence-corrected chi connectivity index (χ4v) is 3.13. The van der Waals surface area contributed by atoms with Gasteiger partial charge in [-0.1, -0.05) is 6.07 Å². The monoisotopic (exact) mass is 266 g/mol. The second kappa shape index (κ2) is 5.01. The van der Waals surface area contributed by atoms with E-state index in [2.05, 4.69) is 9.71 Å². The number of nitrogens with one attached hydrogen (secondary N) is 1. The highest BCUT2D eigenvalue weighted by Crippen LogP contribution is 2.21. The van der Waals surface area contributed by atoms with Crippen LogP contribution >= 0.6 is 0 Å². The van der Waals surface area contributed by atoms with Gasteiger partial charge in [0.15, 0.2) is 0 Å². The zero-order chi connectivity index (χ0) is 13.2. The van der Waals surface area contributed by atoms with E-state index in [1.54, 1.807) is 37.4 Å². The maximum absolute atomic E-state index is 12.2. The number of aliphatic hydroxyl groups excluding tert-OH is 1. The molecule has 2 N–H and O–H groups in total. The molecule has 2 rings (SSSR count). The highest BCUT2D eigenvalue weighted by molar-refractivity contribution is 7.89. The molecular formula is C12H14N2O3S. The van der Waals surface area contributed by atoms with E-state index in [1.165, 1.54) is 6.07 Å². The number of rotatable bonds is 4. The summed E-state index contributed by atoms with van der Waals surface area (Å²) in [6, 6.07) is 7.80. The summed E-state index contributed by atoms with van der Waals surface area (Å²) >= 11 is 0. The fourth-order valence-electron chi connectivity index (χ4n) is 1.68. The van der Waals surface area contributed by atoms with E-state index in [-0.39, 0.29) is 11.5 Å². The molecule has 0 aliphatic rings. The Balaban J connectivity index is 2.54. The first-order chi connectivity index (χ1) is 8.54. The summed E-state index contributed by atoms with van der Waals surface area (Å²) < 4.78 is 26.7. The molecular weight excluding hydrogens is 252 g/mol. The van der Waals surface area contributed by atoms with Gasteiger partial charge in [0.05, 0.1) is 17.0 Å². The smallest absolute Gasteiger partial charge is 0.241 e. The van der Waals surface area contributed by atoms with Crippen molar-refractivity contribution in [2.45, 2.75) is 17.9 Å². The topological polar surface area (TPSA) is 79.3 Å². The van der Waals surface area contributed by atoms with Crippen molar-refractivity contribution in [3.63, 3.8) is 0 Å². The van der Waals surface area contributed by atoms with Gasteiger partial charge < -0.3 is 5.11 Å². The van der Waals surface area contributed by atoms with Crippen LogP contribution < -0.4 is 4.72 Å². The van der Waals surface area contributed by atoms with Crippen LogP contribution in [0.5, 0.6) is 0 Å². The Labute approximate surface area is 106 Å². The summed E-state index contributed by atoms with van der Waals surface area (Å²) in [7, 11) is -3.65. The van der Waals surface area contributed by atoms with E-state index in [4.69, 9.17) is 5.11 Å². The molecule has 0 bridgehead atoms. The molecule has 0 spiro atoms. The molecule has 0 saturated carbocycles. The Kier molecular flexibility index (Phi) is 3.60. The van der Waals surface area contributed by atoms with Gasteiger partial charge in [0.2, 0.25) is 10.0 Å². The first-order valence-corrected chi connectivity index (χ1v) is 7.00. The van der Waals surface area contributed by atoms with Crippen molar-refractivity contribution in [1.82, 2.24) is 9.71 Å². The van der Waals surface area contributed by atoms with Gasteiger partial charge in [0.25, 0.3) is 0 Å². The Hall–Kier alpha value is -1.50. The molecule has 0 radical (unpaired) electrons. The van der Waals surface area contributed by atoms with Crippen LogP contribution in [0.2, 0.25) is 0 Å². The predicted octanol–water partition coefficient (Wildman–Crippen LogP) is 0.894. The molecule has 0 amide bonds. The average molecular weight is 266 g/mol. The molecule has 1 aromatic carbocycles. The maximum Gasteiger partial charge on any atom is 0.241 e. The largest absolute Gasteiger partial charge is 0.395 e. The molecule has 1 aromatic heterocycles. The van der Waals surface area contributed by atoms with Crippen molar-refractivity contribution in [3.8, 4) is 0 Å². The van der Waals surface area contributed by atoms with Crippen LogP contribution in [0.15, 0.2) is 41.4 Å². The van der Waals surface area contributed by atoms with Crippen molar-refractivity contribution in [2.75, 3.05) is 6.61 Å². The number of sulfonamides is 1. The van der Waals surface area contributed by atoms with Crippen LogP contribution in [0, 0.1) is 0 Å². The lowest BCUT2D eigenvalue weighted by Crippen LogP contribution is -2.35. The number of aliphatic hydroxyl groups is 1.